The second-order valence-electron chi connectivity index (χ2n) is 4.13. The fourth-order valence-corrected chi connectivity index (χ4v) is 2.07. The minimum atomic E-state index is -4.42. The number of methoxy groups -OCH3 is 1. The highest BCUT2D eigenvalue weighted by atomic mass is 32.2. The number of nitrogens with one attached hydrogen (secondary N) is 1. The third kappa shape index (κ3) is 4.30. The van der Waals surface area contributed by atoms with Gasteiger partial charge < -0.3 is 9.29 Å². The van der Waals surface area contributed by atoms with E-state index in [9.17, 15) is 13.0 Å². The number of benzene rings is 2. The van der Waals surface area contributed by atoms with Crippen LogP contribution in [0, 0.1) is 0 Å². The lowest BCUT2D eigenvalue weighted by Gasteiger charge is -2.07. The quantitative estimate of drug-likeness (QED) is 0.518. The molecule has 0 unspecified atom stereocenters. The van der Waals surface area contributed by atoms with Gasteiger partial charge in [-0.25, -0.2) is 8.42 Å². The average molecular weight is 305 g/mol. The van der Waals surface area contributed by atoms with E-state index in [1.54, 1.807) is 13.3 Å². The Balaban J connectivity index is 2.04. The van der Waals surface area contributed by atoms with Crippen LogP contribution in [0.2, 0.25) is 0 Å². The van der Waals surface area contributed by atoms with Gasteiger partial charge in [0.25, 0.3) is 0 Å². The molecule has 0 aliphatic carbocycles. The van der Waals surface area contributed by atoms with E-state index in [4.69, 9.17) is 4.74 Å². The third-order valence-corrected chi connectivity index (χ3v) is 3.49. The van der Waals surface area contributed by atoms with Crippen molar-refractivity contribution in [1.82, 2.24) is 0 Å². The van der Waals surface area contributed by atoms with E-state index in [1.165, 1.54) is 24.3 Å². The molecule has 0 bridgehead atoms. The van der Waals surface area contributed by atoms with E-state index in [2.05, 4.69) is 10.5 Å². The normalized spacial score (nSPS) is 11.5. The van der Waals surface area contributed by atoms with Crippen molar-refractivity contribution in [2.75, 3.05) is 12.5 Å². The lowest BCUT2D eigenvalue weighted by Crippen LogP contribution is -1.98. The summed E-state index contributed by atoms with van der Waals surface area (Å²) in [7, 11) is -2.84. The highest BCUT2D eigenvalue weighted by molar-refractivity contribution is 7.85. The molecule has 0 heterocycles. The summed E-state index contributed by atoms with van der Waals surface area (Å²) >= 11 is 0. The molecule has 0 radical (unpaired) electrons. The maximum Gasteiger partial charge on any atom is 0.124 e. The van der Waals surface area contributed by atoms with Crippen LogP contribution in [0.15, 0.2) is 58.5 Å². The average Bonchev–Trinajstić information content (AvgIpc) is 2.47. The fraction of sp³-hybridized carbons (Fsp3) is 0.0714. The predicted molar refractivity (Wildman–Crippen MR) is 78.6 cm³/mol. The van der Waals surface area contributed by atoms with E-state index in [1.807, 2.05) is 24.3 Å². The van der Waals surface area contributed by atoms with Crippen LogP contribution in [0.1, 0.15) is 5.56 Å². The van der Waals surface area contributed by atoms with E-state index in [0.717, 1.165) is 11.3 Å². The van der Waals surface area contributed by atoms with E-state index >= 15 is 0 Å². The van der Waals surface area contributed by atoms with Crippen molar-refractivity contribution in [3.05, 3.63) is 54.1 Å². The topological polar surface area (TPSA) is 90.8 Å². The second-order valence-corrected chi connectivity index (χ2v) is 5.50. The third-order valence-electron chi connectivity index (χ3n) is 2.64. The predicted octanol–water partition coefficient (Wildman–Crippen LogP) is 2.05. The Hall–Kier alpha value is -2.38. The van der Waals surface area contributed by atoms with Gasteiger partial charge in [0.15, 0.2) is 0 Å². The molecule has 0 saturated carbocycles. The molecule has 110 valence electrons. The molecule has 21 heavy (non-hydrogen) atoms. The van der Waals surface area contributed by atoms with Gasteiger partial charge in [-0.2, -0.15) is 5.10 Å². The first kappa shape index (κ1) is 15.0. The van der Waals surface area contributed by atoms with Gasteiger partial charge in [-0.05, 0) is 42.0 Å². The standard InChI is InChI=1S/C14H14N2O4S/c1-20-13-4-2-3-11(9-13)10-15-16-12-5-7-14(8-6-12)21(17,18)19/h2-10,16H,1H3,(H,17,18,19)/p-1. The Labute approximate surface area is 122 Å². The molecule has 0 saturated heterocycles. The molecule has 0 atom stereocenters. The van der Waals surface area contributed by atoms with Gasteiger partial charge in [0.1, 0.15) is 15.9 Å². The minimum Gasteiger partial charge on any atom is -0.744 e. The van der Waals surface area contributed by atoms with Gasteiger partial charge in [0, 0.05) is 0 Å². The van der Waals surface area contributed by atoms with Crippen molar-refractivity contribution in [1.29, 1.82) is 0 Å². The smallest absolute Gasteiger partial charge is 0.124 e. The molecule has 0 spiro atoms. The Bertz CT molecular complexity index is 740. The first-order valence-corrected chi connectivity index (χ1v) is 7.39. The number of hydrogen-bond acceptors (Lipinski definition) is 6. The van der Waals surface area contributed by atoms with Crippen molar-refractivity contribution >= 4 is 22.0 Å². The van der Waals surface area contributed by atoms with Crippen LogP contribution in [0.25, 0.3) is 0 Å². The van der Waals surface area contributed by atoms with Crippen LogP contribution < -0.4 is 10.2 Å². The fourth-order valence-electron chi connectivity index (χ4n) is 1.60. The van der Waals surface area contributed by atoms with Crippen molar-refractivity contribution in [2.45, 2.75) is 4.90 Å². The summed E-state index contributed by atoms with van der Waals surface area (Å²) < 4.78 is 37.5. The first-order chi connectivity index (χ1) is 9.99. The summed E-state index contributed by atoms with van der Waals surface area (Å²) in [4.78, 5) is -0.273. The number of anilines is 1. The van der Waals surface area contributed by atoms with Crippen molar-refractivity contribution in [3.8, 4) is 5.75 Å². The van der Waals surface area contributed by atoms with Crippen LogP contribution in [0.5, 0.6) is 5.75 Å². The summed E-state index contributed by atoms with van der Waals surface area (Å²) in [6.07, 6.45) is 1.60. The Kier molecular flexibility index (Phi) is 4.56. The molecule has 2 aromatic rings. The maximum absolute atomic E-state index is 10.8. The molecule has 0 amide bonds. The number of hydrazone groups is 1. The summed E-state index contributed by atoms with van der Waals surface area (Å²) in [6, 6.07) is 12.7. The zero-order valence-electron chi connectivity index (χ0n) is 11.2. The van der Waals surface area contributed by atoms with Crippen LogP contribution in [-0.4, -0.2) is 26.3 Å². The van der Waals surface area contributed by atoms with Crippen molar-refractivity contribution < 1.29 is 17.7 Å². The molecular weight excluding hydrogens is 292 g/mol. The van der Waals surface area contributed by atoms with Crippen molar-refractivity contribution in [2.24, 2.45) is 5.10 Å². The van der Waals surface area contributed by atoms with Crippen LogP contribution in [-0.2, 0) is 10.1 Å². The molecule has 1 N–H and O–H groups in total. The molecular formula is C14H13N2O4S-. The zero-order valence-corrected chi connectivity index (χ0v) is 12.0. The SMILES string of the molecule is COc1cccc(C=NNc2ccc(S(=O)(=O)[O-])cc2)c1. The maximum atomic E-state index is 10.8. The van der Waals surface area contributed by atoms with Gasteiger partial charge >= 0.3 is 0 Å². The summed E-state index contributed by atoms with van der Waals surface area (Å²) in [6.45, 7) is 0. The van der Waals surface area contributed by atoms with E-state index in [-0.39, 0.29) is 4.90 Å². The molecule has 2 rings (SSSR count). The van der Waals surface area contributed by atoms with Crippen LogP contribution in [0.3, 0.4) is 0 Å². The summed E-state index contributed by atoms with van der Waals surface area (Å²) in [5.74, 6) is 0.726. The first-order valence-electron chi connectivity index (χ1n) is 5.98. The Morgan fingerprint density at radius 2 is 1.90 bits per heavy atom. The minimum absolute atomic E-state index is 0.273. The van der Waals surface area contributed by atoms with Gasteiger partial charge in [0.05, 0.1) is 23.9 Å². The molecule has 0 fully saturated rings. The highest BCUT2D eigenvalue weighted by Gasteiger charge is 2.00. The summed E-state index contributed by atoms with van der Waals surface area (Å²) in [5, 5.41) is 4.02. The highest BCUT2D eigenvalue weighted by Crippen LogP contribution is 2.14. The van der Waals surface area contributed by atoms with Gasteiger partial charge in [-0.15, -0.1) is 0 Å². The number of ether oxygens (including phenoxy) is 1. The second kappa shape index (κ2) is 6.38. The molecule has 7 heteroatoms. The van der Waals surface area contributed by atoms with Crippen LogP contribution in [0.4, 0.5) is 5.69 Å². The van der Waals surface area contributed by atoms with Crippen LogP contribution >= 0.6 is 0 Å². The monoisotopic (exact) mass is 305 g/mol. The van der Waals surface area contributed by atoms with E-state index < -0.39 is 10.1 Å². The molecule has 2 aromatic carbocycles. The Morgan fingerprint density at radius 1 is 1.19 bits per heavy atom. The van der Waals surface area contributed by atoms with Gasteiger partial charge in [0.2, 0.25) is 0 Å². The molecule has 6 nitrogen and oxygen atoms in total. The zero-order chi connectivity index (χ0) is 15.3. The largest absolute Gasteiger partial charge is 0.744 e. The van der Waals surface area contributed by atoms with E-state index in [0.29, 0.717) is 5.69 Å². The van der Waals surface area contributed by atoms with Gasteiger partial charge in [-0.3, -0.25) is 5.43 Å². The van der Waals surface area contributed by atoms with Gasteiger partial charge in [-0.1, -0.05) is 12.1 Å². The summed E-state index contributed by atoms with van der Waals surface area (Å²) in [5.41, 5.74) is 4.16. The number of hydrogen-bond donors (Lipinski definition) is 1. The number of rotatable bonds is 5. The molecule has 0 aliphatic heterocycles. The lowest BCUT2D eigenvalue weighted by atomic mass is 10.2. The lowest BCUT2D eigenvalue weighted by molar-refractivity contribution is 0.414. The van der Waals surface area contributed by atoms with Crippen molar-refractivity contribution in [3.63, 3.8) is 0 Å². The molecule has 0 aliphatic rings. The Morgan fingerprint density at radius 3 is 2.52 bits per heavy atom. The molecule has 0 aromatic heterocycles. The number of nitrogens with zero attached hydrogens (tertiary/aromatic N) is 1.